The topological polar surface area (TPSA) is 57.1 Å². The largest absolute Gasteiger partial charge is 0.449 e. The van der Waals surface area contributed by atoms with Gasteiger partial charge in [-0.1, -0.05) is 135 Å². The fourth-order valence-electron chi connectivity index (χ4n) is 7.53. The van der Waals surface area contributed by atoms with Crippen molar-refractivity contribution >= 4 is 10.8 Å². The van der Waals surface area contributed by atoms with Crippen molar-refractivity contribution in [1.82, 2.24) is 15.0 Å². The van der Waals surface area contributed by atoms with Crippen LogP contribution < -0.4 is 9.47 Å². The highest BCUT2D eigenvalue weighted by atomic mass is 16.6. The summed E-state index contributed by atoms with van der Waals surface area (Å²) >= 11 is 0. The standard InChI is InChI=1S/C46H31N3O2/c1-46(2)37-20-9-8-18-35(37)36-26-40-41(27-38(36)46)51-42-34(19-11-21-39(42)50-40)31-16-10-17-32(25-31)44-47-43(29-13-4-3-5-14-29)48-45(49-44)33-23-22-28-12-6-7-15-30(28)24-33/h3-27H,1-2H3. The minimum atomic E-state index is -0.146. The zero-order chi connectivity index (χ0) is 34.1. The van der Waals surface area contributed by atoms with E-state index in [0.29, 0.717) is 29.0 Å². The molecule has 8 aromatic rings. The molecule has 0 N–H and O–H groups in total. The molecule has 0 bridgehead atoms. The van der Waals surface area contributed by atoms with E-state index in [2.05, 4.69) is 105 Å². The van der Waals surface area contributed by atoms with Crippen LogP contribution in [0.15, 0.2) is 152 Å². The van der Waals surface area contributed by atoms with Gasteiger partial charge in [0.2, 0.25) is 0 Å². The van der Waals surface area contributed by atoms with E-state index < -0.39 is 0 Å². The number of fused-ring (bicyclic) bond motifs is 6. The van der Waals surface area contributed by atoms with E-state index in [1.165, 1.54) is 27.6 Å². The van der Waals surface area contributed by atoms with Crippen molar-refractivity contribution in [2.24, 2.45) is 0 Å². The van der Waals surface area contributed by atoms with Gasteiger partial charge in [-0.25, -0.2) is 15.0 Å². The molecule has 0 atom stereocenters. The Morgan fingerprint density at radius 2 is 1.02 bits per heavy atom. The molecule has 242 valence electrons. The highest BCUT2D eigenvalue weighted by Gasteiger charge is 2.37. The lowest BCUT2D eigenvalue weighted by Crippen LogP contribution is -2.15. The van der Waals surface area contributed by atoms with Gasteiger partial charge in [0.05, 0.1) is 0 Å². The number of hydrogen-bond donors (Lipinski definition) is 0. The van der Waals surface area contributed by atoms with Crippen molar-refractivity contribution in [1.29, 1.82) is 0 Å². The van der Waals surface area contributed by atoms with Crippen LogP contribution in [0, 0.1) is 0 Å². The second-order valence-electron chi connectivity index (χ2n) is 13.7. The molecule has 1 aliphatic heterocycles. The third kappa shape index (κ3) is 4.81. The monoisotopic (exact) mass is 657 g/mol. The summed E-state index contributed by atoms with van der Waals surface area (Å²) in [5, 5.41) is 2.31. The number of benzene rings is 7. The van der Waals surface area contributed by atoms with E-state index >= 15 is 0 Å². The number of para-hydroxylation sites is 1. The summed E-state index contributed by atoms with van der Waals surface area (Å²) in [7, 11) is 0. The van der Waals surface area contributed by atoms with Crippen molar-refractivity contribution in [3.63, 3.8) is 0 Å². The van der Waals surface area contributed by atoms with Gasteiger partial charge in [0, 0.05) is 27.7 Å². The van der Waals surface area contributed by atoms with Crippen LogP contribution in [-0.4, -0.2) is 15.0 Å². The Morgan fingerprint density at radius 1 is 0.392 bits per heavy atom. The first kappa shape index (κ1) is 29.3. The maximum atomic E-state index is 6.75. The van der Waals surface area contributed by atoms with E-state index in [-0.39, 0.29) is 5.41 Å². The van der Waals surface area contributed by atoms with E-state index in [1.54, 1.807) is 0 Å². The summed E-state index contributed by atoms with van der Waals surface area (Å²) in [6.45, 7) is 4.54. The molecule has 51 heavy (non-hydrogen) atoms. The number of hydrogen-bond acceptors (Lipinski definition) is 5. The Bertz CT molecular complexity index is 2680. The summed E-state index contributed by atoms with van der Waals surface area (Å²) < 4.78 is 13.3. The Morgan fingerprint density at radius 3 is 1.86 bits per heavy atom. The molecule has 0 saturated heterocycles. The summed E-state index contributed by atoms with van der Waals surface area (Å²) in [4.78, 5) is 15.0. The highest BCUT2D eigenvalue weighted by Crippen LogP contribution is 2.56. The molecule has 5 nitrogen and oxygen atoms in total. The van der Waals surface area contributed by atoms with Gasteiger partial charge < -0.3 is 9.47 Å². The Kier molecular flexibility index (Phi) is 6.46. The lowest BCUT2D eigenvalue weighted by Gasteiger charge is -2.26. The fraction of sp³-hybridized carbons (Fsp3) is 0.0652. The molecule has 0 unspecified atom stereocenters. The smallest absolute Gasteiger partial charge is 0.177 e. The molecule has 2 aliphatic rings. The fourth-order valence-corrected chi connectivity index (χ4v) is 7.53. The van der Waals surface area contributed by atoms with Gasteiger partial charge in [0.25, 0.3) is 0 Å². The summed E-state index contributed by atoms with van der Waals surface area (Å²) in [5.41, 5.74) is 9.49. The van der Waals surface area contributed by atoms with Crippen LogP contribution in [0.25, 0.3) is 67.2 Å². The number of nitrogens with zero attached hydrogens (tertiary/aromatic N) is 3. The van der Waals surface area contributed by atoms with Gasteiger partial charge in [-0.05, 0) is 68.9 Å². The van der Waals surface area contributed by atoms with E-state index in [0.717, 1.165) is 44.7 Å². The first-order chi connectivity index (χ1) is 25.0. The van der Waals surface area contributed by atoms with Crippen LogP contribution in [0.5, 0.6) is 23.0 Å². The average molecular weight is 658 g/mol. The van der Waals surface area contributed by atoms with Gasteiger partial charge in [-0.3, -0.25) is 0 Å². The molecule has 0 radical (unpaired) electrons. The summed E-state index contributed by atoms with van der Waals surface area (Å²) in [5.74, 6) is 4.65. The molecule has 5 heteroatoms. The van der Waals surface area contributed by atoms with Crippen molar-refractivity contribution in [3.8, 4) is 79.4 Å². The van der Waals surface area contributed by atoms with Crippen molar-refractivity contribution in [2.45, 2.75) is 19.3 Å². The lowest BCUT2D eigenvalue weighted by atomic mass is 9.82. The molecule has 0 amide bonds. The van der Waals surface area contributed by atoms with Crippen molar-refractivity contribution < 1.29 is 9.47 Å². The Balaban J connectivity index is 1.06. The van der Waals surface area contributed by atoms with Crippen LogP contribution in [0.2, 0.25) is 0 Å². The first-order valence-corrected chi connectivity index (χ1v) is 17.2. The van der Waals surface area contributed by atoms with Gasteiger partial charge in [0.1, 0.15) is 0 Å². The zero-order valence-corrected chi connectivity index (χ0v) is 28.1. The van der Waals surface area contributed by atoms with Gasteiger partial charge in [0.15, 0.2) is 40.5 Å². The third-order valence-corrected chi connectivity index (χ3v) is 10.2. The maximum Gasteiger partial charge on any atom is 0.177 e. The van der Waals surface area contributed by atoms with Gasteiger partial charge in [-0.2, -0.15) is 0 Å². The third-order valence-electron chi connectivity index (χ3n) is 10.2. The molecule has 2 heterocycles. The average Bonchev–Trinajstić information content (AvgIpc) is 3.41. The minimum absolute atomic E-state index is 0.146. The molecule has 0 saturated carbocycles. The van der Waals surface area contributed by atoms with E-state index in [9.17, 15) is 0 Å². The molecular formula is C46H31N3O2. The quantitative estimate of drug-likeness (QED) is 0.188. The van der Waals surface area contributed by atoms with Crippen LogP contribution in [0.1, 0.15) is 25.0 Å². The molecule has 1 aliphatic carbocycles. The number of aromatic nitrogens is 3. The zero-order valence-electron chi connectivity index (χ0n) is 28.1. The number of ether oxygens (including phenoxy) is 2. The normalized spacial score (nSPS) is 13.4. The summed E-state index contributed by atoms with van der Waals surface area (Å²) in [6.07, 6.45) is 0. The minimum Gasteiger partial charge on any atom is -0.449 e. The highest BCUT2D eigenvalue weighted by molar-refractivity contribution is 5.87. The molecular weight excluding hydrogens is 627 g/mol. The second-order valence-corrected chi connectivity index (χ2v) is 13.7. The predicted octanol–water partition coefficient (Wildman–Crippen LogP) is 11.9. The van der Waals surface area contributed by atoms with Crippen LogP contribution in [0.4, 0.5) is 0 Å². The SMILES string of the molecule is CC1(C)c2ccccc2-c2cc3c(cc21)Oc1c(cccc1-c1cccc(-c2nc(-c4ccccc4)nc(-c4ccc5ccccc5c4)n2)c1)O3. The molecule has 0 spiro atoms. The molecule has 1 aromatic heterocycles. The van der Waals surface area contributed by atoms with Crippen LogP contribution in [0.3, 0.4) is 0 Å². The van der Waals surface area contributed by atoms with E-state index in [1.807, 2.05) is 60.7 Å². The Hall–Kier alpha value is -6.59. The van der Waals surface area contributed by atoms with Crippen molar-refractivity contribution in [3.05, 3.63) is 163 Å². The Labute approximate surface area is 295 Å². The molecule has 7 aromatic carbocycles. The summed E-state index contributed by atoms with van der Waals surface area (Å²) in [6, 6.07) is 51.9. The molecule has 10 rings (SSSR count). The maximum absolute atomic E-state index is 6.75. The predicted molar refractivity (Wildman–Crippen MR) is 203 cm³/mol. The second kappa shape index (κ2) is 11.2. The van der Waals surface area contributed by atoms with Crippen LogP contribution >= 0.6 is 0 Å². The van der Waals surface area contributed by atoms with Crippen molar-refractivity contribution in [2.75, 3.05) is 0 Å². The van der Waals surface area contributed by atoms with Gasteiger partial charge >= 0.3 is 0 Å². The lowest BCUT2D eigenvalue weighted by molar-refractivity contribution is 0.360. The van der Waals surface area contributed by atoms with Gasteiger partial charge in [-0.15, -0.1) is 0 Å². The van der Waals surface area contributed by atoms with Crippen LogP contribution in [-0.2, 0) is 5.41 Å². The first-order valence-electron chi connectivity index (χ1n) is 17.2. The molecule has 0 fully saturated rings. The van der Waals surface area contributed by atoms with E-state index in [4.69, 9.17) is 24.4 Å². The number of rotatable bonds is 4.